The van der Waals surface area contributed by atoms with Crippen LogP contribution in [0.15, 0.2) is 0 Å². The number of methoxy groups -OCH3 is 4. The van der Waals surface area contributed by atoms with E-state index in [-0.39, 0.29) is 35.9 Å². The van der Waals surface area contributed by atoms with Crippen LogP contribution >= 0.6 is 0 Å². The number of ether oxygens (including phenoxy) is 4. The molecule has 0 fully saturated rings. The summed E-state index contributed by atoms with van der Waals surface area (Å²) >= 11 is 0. The number of rotatable bonds is 6. The Morgan fingerprint density at radius 1 is 0.524 bits per heavy atom. The molecule has 2 rings (SSSR count). The molecular formula is C10H12N7O4-. The highest BCUT2D eigenvalue weighted by atomic mass is 16.5. The summed E-state index contributed by atoms with van der Waals surface area (Å²) in [4.78, 5) is 23.4. The second-order valence-electron chi connectivity index (χ2n) is 3.33. The average molecular weight is 294 g/mol. The van der Waals surface area contributed by atoms with Crippen LogP contribution in [0.25, 0.3) is 5.32 Å². The molecule has 2 aromatic heterocycles. The van der Waals surface area contributed by atoms with Gasteiger partial charge in [0.15, 0.2) is 0 Å². The Kier molecular flexibility index (Phi) is 4.43. The highest BCUT2D eigenvalue weighted by Crippen LogP contribution is 2.27. The number of hydrogen-bond donors (Lipinski definition) is 0. The zero-order valence-corrected chi connectivity index (χ0v) is 11.8. The van der Waals surface area contributed by atoms with Gasteiger partial charge in [0.2, 0.25) is 0 Å². The average Bonchev–Trinajstić information content (AvgIpc) is 2.53. The van der Waals surface area contributed by atoms with Gasteiger partial charge >= 0.3 is 0 Å². The van der Waals surface area contributed by atoms with Crippen molar-refractivity contribution in [2.24, 2.45) is 0 Å². The Morgan fingerprint density at radius 2 is 0.810 bits per heavy atom. The SMILES string of the molecule is COc1nc([N-]c2nc(OC)nc(OC)n2)nc(OC)n1. The number of nitrogens with zero attached hydrogens (tertiary/aromatic N) is 7. The minimum absolute atomic E-state index is 0.00834. The molecule has 21 heavy (non-hydrogen) atoms. The second-order valence-corrected chi connectivity index (χ2v) is 3.33. The van der Waals surface area contributed by atoms with Crippen LogP contribution in [0.3, 0.4) is 0 Å². The van der Waals surface area contributed by atoms with Crippen LogP contribution in [0.5, 0.6) is 24.0 Å². The molecule has 2 heterocycles. The predicted molar refractivity (Wildman–Crippen MR) is 68.5 cm³/mol. The van der Waals surface area contributed by atoms with Gasteiger partial charge in [-0.05, 0) is 0 Å². The molecule has 0 bridgehead atoms. The largest absolute Gasteiger partial charge is 0.474 e. The molecule has 0 atom stereocenters. The maximum Gasteiger partial charge on any atom is 0.277 e. The van der Waals surface area contributed by atoms with Crippen molar-refractivity contribution in [3.8, 4) is 24.0 Å². The Balaban J connectivity index is 2.32. The molecule has 0 saturated heterocycles. The first-order chi connectivity index (χ1) is 10.2. The quantitative estimate of drug-likeness (QED) is 0.739. The molecule has 0 aliphatic carbocycles. The van der Waals surface area contributed by atoms with E-state index in [4.69, 9.17) is 18.9 Å². The minimum Gasteiger partial charge on any atom is -0.474 e. The van der Waals surface area contributed by atoms with E-state index in [2.05, 4.69) is 35.2 Å². The molecule has 0 aliphatic heterocycles. The number of aromatic nitrogens is 6. The third-order valence-electron chi connectivity index (χ3n) is 2.10. The van der Waals surface area contributed by atoms with Gasteiger partial charge in [0.25, 0.3) is 24.0 Å². The van der Waals surface area contributed by atoms with Crippen molar-refractivity contribution in [2.45, 2.75) is 0 Å². The molecule has 0 radical (unpaired) electrons. The summed E-state index contributed by atoms with van der Waals surface area (Å²) in [7, 11) is 5.64. The third kappa shape index (κ3) is 3.52. The van der Waals surface area contributed by atoms with Gasteiger partial charge in [-0.15, -0.1) is 0 Å². The van der Waals surface area contributed by atoms with E-state index in [9.17, 15) is 0 Å². The first-order valence-electron chi connectivity index (χ1n) is 5.58. The summed E-state index contributed by atoms with van der Waals surface area (Å²) < 4.78 is 19.7. The smallest absolute Gasteiger partial charge is 0.277 e. The van der Waals surface area contributed by atoms with E-state index >= 15 is 0 Å². The highest BCUT2D eigenvalue weighted by Gasteiger charge is 2.05. The van der Waals surface area contributed by atoms with Gasteiger partial charge in [-0.1, -0.05) is 0 Å². The van der Waals surface area contributed by atoms with Crippen molar-refractivity contribution in [3.63, 3.8) is 0 Å². The summed E-state index contributed by atoms with van der Waals surface area (Å²) in [5.74, 6) is 0.0167. The highest BCUT2D eigenvalue weighted by molar-refractivity contribution is 5.51. The molecule has 0 spiro atoms. The van der Waals surface area contributed by atoms with Crippen LogP contribution in [-0.2, 0) is 0 Å². The van der Waals surface area contributed by atoms with Crippen LogP contribution in [0.2, 0.25) is 0 Å². The normalized spacial score (nSPS) is 9.90. The summed E-state index contributed by atoms with van der Waals surface area (Å²) in [5.41, 5.74) is 0. The van der Waals surface area contributed by atoms with Crippen molar-refractivity contribution >= 4 is 11.9 Å². The molecule has 0 aliphatic rings. The van der Waals surface area contributed by atoms with Crippen LogP contribution in [0.1, 0.15) is 0 Å². The molecule has 112 valence electrons. The fourth-order valence-corrected chi connectivity index (χ4v) is 1.21. The Labute approximate surface area is 119 Å². The lowest BCUT2D eigenvalue weighted by Crippen LogP contribution is -2.00. The first-order valence-corrected chi connectivity index (χ1v) is 5.58. The fraction of sp³-hybridized carbons (Fsp3) is 0.400. The van der Waals surface area contributed by atoms with E-state index in [1.54, 1.807) is 0 Å². The van der Waals surface area contributed by atoms with Crippen LogP contribution in [0, 0.1) is 0 Å². The maximum atomic E-state index is 4.92. The Bertz CT molecular complexity index is 526. The van der Waals surface area contributed by atoms with E-state index < -0.39 is 0 Å². The van der Waals surface area contributed by atoms with Crippen molar-refractivity contribution in [2.75, 3.05) is 28.4 Å². The van der Waals surface area contributed by atoms with Crippen molar-refractivity contribution in [3.05, 3.63) is 5.32 Å². The fourth-order valence-electron chi connectivity index (χ4n) is 1.21. The molecule has 0 saturated carbocycles. The summed E-state index contributed by atoms with van der Waals surface area (Å²) in [6, 6.07) is 0.198. The van der Waals surface area contributed by atoms with Gasteiger partial charge in [-0.25, -0.2) is 19.9 Å². The van der Waals surface area contributed by atoms with Crippen molar-refractivity contribution < 1.29 is 18.9 Å². The molecule has 11 heteroatoms. The lowest BCUT2D eigenvalue weighted by molar-refractivity contribution is 0.340. The van der Waals surface area contributed by atoms with E-state index in [0.717, 1.165) is 0 Å². The molecular weight excluding hydrogens is 282 g/mol. The summed E-state index contributed by atoms with van der Waals surface area (Å²) in [6.45, 7) is 0. The topological polar surface area (TPSA) is 128 Å². The van der Waals surface area contributed by atoms with Gasteiger partial charge in [-0.3, -0.25) is 5.32 Å². The molecule has 0 aromatic carbocycles. The predicted octanol–water partition coefficient (Wildman–Crippen LogP) is 0.428. The van der Waals surface area contributed by atoms with E-state index in [0.29, 0.717) is 0 Å². The van der Waals surface area contributed by atoms with E-state index in [1.165, 1.54) is 28.4 Å². The molecule has 0 unspecified atom stereocenters. The van der Waals surface area contributed by atoms with Gasteiger partial charge < -0.3 is 18.9 Å². The van der Waals surface area contributed by atoms with Crippen molar-refractivity contribution in [1.29, 1.82) is 0 Å². The van der Waals surface area contributed by atoms with Gasteiger partial charge in [0, 0.05) is 0 Å². The van der Waals surface area contributed by atoms with E-state index in [1.807, 2.05) is 0 Å². The molecule has 11 nitrogen and oxygen atoms in total. The first kappa shape index (κ1) is 14.4. The van der Waals surface area contributed by atoms with Gasteiger partial charge in [-0.2, -0.15) is 9.97 Å². The van der Waals surface area contributed by atoms with Crippen LogP contribution < -0.4 is 18.9 Å². The minimum atomic E-state index is 0.00834. The maximum absolute atomic E-state index is 4.92. The standard InChI is InChI=1S/C10H12N7O4/c1-18-7-12-5(13-8(16-7)19-2)11-6-14-9(20-3)17-10(15-6)21-4/h1-4H3/q-1. The third-order valence-corrected chi connectivity index (χ3v) is 2.10. The summed E-state index contributed by atoms with van der Waals surface area (Å²) in [5, 5.41) is 4.03. The lowest BCUT2D eigenvalue weighted by atomic mass is 10.8. The monoisotopic (exact) mass is 294 g/mol. The van der Waals surface area contributed by atoms with Gasteiger partial charge in [0.05, 0.1) is 28.4 Å². The summed E-state index contributed by atoms with van der Waals surface area (Å²) in [6.07, 6.45) is 0. The molecule has 0 amide bonds. The lowest BCUT2D eigenvalue weighted by Gasteiger charge is -2.13. The van der Waals surface area contributed by atoms with Crippen molar-refractivity contribution in [1.82, 2.24) is 29.9 Å². The van der Waals surface area contributed by atoms with Crippen LogP contribution in [-0.4, -0.2) is 58.3 Å². The Hall–Kier alpha value is -2.98. The molecule has 2 aromatic rings. The van der Waals surface area contributed by atoms with Crippen LogP contribution in [0.4, 0.5) is 11.9 Å². The van der Waals surface area contributed by atoms with Gasteiger partial charge in [0.1, 0.15) is 11.9 Å². The molecule has 0 N–H and O–H groups in total. The zero-order chi connectivity index (χ0) is 15.2. The Morgan fingerprint density at radius 3 is 1.05 bits per heavy atom. The second kappa shape index (κ2) is 6.45. The number of hydrogen-bond acceptors (Lipinski definition) is 10. The zero-order valence-electron chi connectivity index (χ0n) is 11.8.